The largest absolute Gasteiger partial charge is 0.325 e. The van der Waals surface area contributed by atoms with Gasteiger partial charge in [-0.2, -0.15) is 4.31 Å². The van der Waals surface area contributed by atoms with Gasteiger partial charge < -0.3 is 14.7 Å². The van der Waals surface area contributed by atoms with Crippen LogP contribution in [0.1, 0.15) is 26.7 Å². The molecule has 0 radical (unpaired) electrons. The van der Waals surface area contributed by atoms with Crippen molar-refractivity contribution < 1.29 is 18.0 Å². The molecule has 0 aromatic heterocycles. The number of benzene rings is 1. The van der Waals surface area contributed by atoms with Gasteiger partial charge in [-0.3, -0.25) is 4.79 Å². The van der Waals surface area contributed by atoms with Crippen molar-refractivity contribution in [3.05, 3.63) is 24.3 Å². The van der Waals surface area contributed by atoms with Gasteiger partial charge in [0.2, 0.25) is 15.9 Å². The number of nitrogens with zero attached hydrogens (tertiary/aromatic N) is 4. The molecule has 0 bridgehead atoms. The molecule has 1 aromatic rings. The van der Waals surface area contributed by atoms with Crippen molar-refractivity contribution in [2.24, 2.45) is 0 Å². The average Bonchev–Trinajstić information content (AvgIpc) is 3.15. The molecule has 8 nitrogen and oxygen atoms in total. The van der Waals surface area contributed by atoms with Crippen LogP contribution in [-0.4, -0.2) is 80.3 Å². The number of sulfonamides is 1. The highest BCUT2D eigenvalue weighted by Crippen LogP contribution is 2.25. The summed E-state index contributed by atoms with van der Waals surface area (Å²) in [6.07, 6.45) is 1.37. The summed E-state index contributed by atoms with van der Waals surface area (Å²) in [6, 6.07) is 6.46. The highest BCUT2D eigenvalue weighted by Gasteiger charge is 2.31. The van der Waals surface area contributed by atoms with E-state index in [0.29, 0.717) is 39.1 Å². The summed E-state index contributed by atoms with van der Waals surface area (Å²) in [6.45, 7) is 7.14. The van der Waals surface area contributed by atoms with Gasteiger partial charge in [0.1, 0.15) is 0 Å². The fraction of sp³-hybridized carbons (Fsp3) is 0.579. The Hall–Kier alpha value is -2.13. The van der Waals surface area contributed by atoms with Gasteiger partial charge >= 0.3 is 6.03 Å². The van der Waals surface area contributed by atoms with Crippen LogP contribution in [-0.2, 0) is 14.8 Å². The minimum absolute atomic E-state index is 0.0401. The van der Waals surface area contributed by atoms with Gasteiger partial charge in [-0.15, -0.1) is 0 Å². The predicted octanol–water partition coefficient (Wildman–Crippen LogP) is 1.58. The Kier molecular flexibility index (Phi) is 6.24. The highest BCUT2D eigenvalue weighted by atomic mass is 32.2. The summed E-state index contributed by atoms with van der Waals surface area (Å²) in [5.41, 5.74) is 0.732. The standard InChI is InChI=1S/C19H28N4O4S/c1-3-20(4-2)19(25)21-12-14-22(15-13-21)28(26,27)17-9-7-16(8-10-17)23-11-5-6-18(23)24/h7-10H,3-6,11-15H2,1-2H3. The molecule has 0 unspecified atom stereocenters. The topological polar surface area (TPSA) is 81.2 Å². The molecule has 3 amide bonds. The normalized spacial score (nSPS) is 18.6. The fourth-order valence-electron chi connectivity index (χ4n) is 3.68. The number of piperazine rings is 1. The Morgan fingerprint density at radius 3 is 2.11 bits per heavy atom. The number of amides is 3. The maximum atomic E-state index is 12.9. The molecule has 0 spiro atoms. The number of carbonyl (C=O) groups excluding carboxylic acids is 2. The number of hydrogen-bond acceptors (Lipinski definition) is 4. The van der Waals surface area contributed by atoms with Gasteiger partial charge in [0.05, 0.1) is 4.90 Å². The number of hydrogen-bond donors (Lipinski definition) is 0. The van der Waals surface area contributed by atoms with Gasteiger partial charge in [-0.25, -0.2) is 13.2 Å². The van der Waals surface area contributed by atoms with E-state index in [9.17, 15) is 18.0 Å². The summed E-state index contributed by atoms with van der Waals surface area (Å²) >= 11 is 0. The summed E-state index contributed by atoms with van der Waals surface area (Å²) in [7, 11) is -3.62. The molecule has 0 aliphatic carbocycles. The molecule has 1 aromatic carbocycles. The zero-order chi connectivity index (χ0) is 20.3. The summed E-state index contributed by atoms with van der Waals surface area (Å²) in [5.74, 6) is 0.0737. The van der Waals surface area contributed by atoms with Crippen LogP contribution < -0.4 is 4.90 Å². The first-order valence-electron chi connectivity index (χ1n) is 9.83. The lowest BCUT2D eigenvalue weighted by molar-refractivity contribution is -0.117. The lowest BCUT2D eigenvalue weighted by Crippen LogP contribution is -2.53. The Morgan fingerprint density at radius 1 is 1.00 bits per heavy atom. The molecule has 2 fully saturated rings. The fourth-order valence-corrected chi connectivity index (χ4v) is 5.10. The van der Waals surface area contributed by atoms with E-state index in [1.165, 1.54) is 4.31 Å². The van der Waals surface area contributed by atoms with Crippen LogP contribution in [0.25, 0.3) is 0 Å². The lowest BCUT2D eigenvalue weighted by atomic mass is 10.3. The average molecular weight is 409 g/mol. The monoisotopic (exact) mass is 408 g/mol. The molecule has 154 valence electrons. The van der Waals surface area contributed by atoms with E-state index < -0.39 is 10.0 Å². The van der Waals surface area contributed by atoms with E-state index in [-0.39, 0.29) is 29.9 Å². The van der Waals surface area contributed by atoms with Crippen molar-refractivity contribution in [1.82, 2.24) is 14.1 Å². The lowest BCUT2D eigenvalue weighted by Gasteiger charge is -2.36. The van der Waals surface area contributed by atoms with Gasteiger partial charge in [-0.1, -0.05) is 0 Å². The van der Waals surface area contributed by atoms with Gasteiger partial charge in [0, 0.05) is 57.9 Å². The second kappa shape index (κ2) is 8.48. The first kappa shape index (κ1) is 20.6. The molecule has 0 saturated carbocycles. The van der Waals surface area contributed by atoms with E-state index in [1.807, 2.05) is 13.8 Å². The Bertz CT molecular complexity index is 813. The number of urea groups is 1. The van der Waals surface area contributed by atoms with Gasteiger partial charge in [-0.05, 0) is 44.5 Å². The minimum atomic E-state index is -3.62. The van der Waals surface area contributed by atoms with Crippen LogP contribution in [0, 0.1) is 0 Å². The maximum absolute atomic E-state index is 12.9. The van der Waals surface area contributed by atoms with Crippen molar-refractivity contribution in [3.63, 3.8) is 0 Å². The molecule has 3 rings (SSSR count). The van der Waals surface area contributed by atoms with Crippen LogP contribution in [0.15, 0.2) is 29.2 Å². The van der Waals surface area contributed by atoms with Crippen LogP contribution in [0.5, 0.6) is 0 Å². The van der Waals surface area contributed by atoms with E-state index >= 15 is 0 Å². The van der Waals surface area contributed by atoms with Crippen molar-refractivity contribution in [1.29, 1.82) is 0 Å². The third-order valence-corrected chi connectivity index (χ3v) is 7.32. The molecule has 0 atom stereocenters. The van der Waals surface area contributed by atoms with Crippen molar-refractivity contribution in [3.8, 4) is 0 Å². The van der Waals surface area contributed by atoms with Crippen LogP contribution in [0.3, 0.4) is 0 Å². The first-order chi connectivity index (χ1) is 13.4. The van der Waals surface area contributed by atoms with Crippen LogP contribution in [0.4, 0.5) is 10.5 Å². The molecular weight excluding hydrogens is 380 g/mol. The molecular formula is C19H28N4O4S. The predicted molar refractivity (Wildman–Crippen MR) is 107 cm³/mol. The smallest absolute Gasteiger partial charge is 0.320 e. The zero-order valence-corrected chi connectivity index (χ0v) is 17.3. The third-order valence-electron chi connectivity index (χ3n) is 5.40. The van der Waals surface area contributed by atoms with Gasteiger partial charge in [0.15, 0.2) is 0 Å². The quantitative estimate of drug-likeness (QED) is 0.741. The Balaban J connectivity index is 1.65. The second-order valence-corrected chi connectivity index (χ2v) is 8.93. The second-order valence-electron chi connectivity index (χ2n) is 6.99. The molecule has 2 aliphatic heterocycles. The minimum Gasteiger partial charge on any atom is -0.325 e. The molecule has 9 heteroatoms. The van der Waals surface area contributed by atoms with E-state index in [2.05, 4.69) is 0 Å². The summed E-state index contributed by atoms with van der Waals surface area (Å²) < 4.78 is 27.3. The molecule has 2 heterocycles. The highest BCUT2D eigenvalue weighted by molar-refractivity contribution is 7.89. The van der Waals surface area contributed by atoms with Gasteiger partial charge in [0.25, 0.3) is 0 Å². The Morgan fingerprint density at radius 2 is 1.61 bits per heavy atom. The molecule has 0 N–H and O–H groups in total. The van der Waals surface area contributed by atoms with Crippen molar-refractivity contribution >= 4 is 27.6 Å². The van der Waals surface area contributed by atoms with Crippen molar-refractivity contribution in [2.75, 3.05) is 50.7 Å². The summed E-state index contributed by atoms with van der Waals surface area (Å²) in [4.78, 5) is 29.6. The summed E-state index contributed by atoms with van der Waals surface area (Å²) in [5, 5.41) is 0. The molecule has 2 aliphatic rings. The van der Waals surface area contributed by atoms with Crippen LogP contribution in [0.2, 0.25) is 0 Å². The van der Waals surface area contributed by atoms with E-state index in [0.717, 1.165) is 12.1 Å². The Labute approximate surface area is 166 Å². The third kappa shape index (κ3) is 4.00. The molecule has 2 saturated heterocycles. The van der Waals surface area contributed by atoms with E-state index in [1.54, 1.807) is 39.0 Å². The number of anilines is 1. The number of rotatable bonds is 5. The maximum Gasteiger partial charge on any atom is 0.320 e. The SMILES string of the molecule is CCN(CC)C(=O)N1CCN(S(=O)(=O)c2ccc(N3CCCC3=O)cc2)CC1. The van der Waals surface area contributed by atoms with E-state index in [4.69, 9.17) is 0 Å². The molecule has 28 heavy (non-hydrogen) atoms. The zero-order valence-electron chi connectivity index (χ0n) is 16.5. The number of carbonyl (C=O) groups is 2. The first-order valence-corrected chi connectivity index (χ1v) is 11.3. The van der Waals surface area contributed by atoms with Crippen molar-refractivity contribution in [2.45, 2.75) is 31.6 Å². The van der Waals surface area contributed by atoms with Crippen LogP contribution >= 0.6 is 0 Å².